The molecule has 0 unspecified atom stereocenters. The largest absolute Gasteiger partial charge is 0.454 e. The van der Waals surface area contributed by atoms with Gasteiger partial charge >= 0.3 is 0 Å². The molecular formula is C16H20ClN3O4. The molecule has 1 aliphatic carbocycles. The van der Waals surface area contributed by atoms with Gasteiger partial charge in [-0.1, -0.05) is 0 Å². The van der Waals surface area contributed by atoms with Crippen LogP contribution in [0.1, 0.15) is 23.2 Å². The molecule has 2 N–H and O–H groups in total. The van der Waals surface area contributed by atoms with Crippen molar-refractivity contribution in [3.05, 3.63) is 23.8 Å². The van der Waals surface area contributed by atoms with Gasteiger partial charge in [0, 0.05) is 31.7 Å². The minimum Gasteiger partial charge on any atom is -0.454 e. The second kappa shape index (κ2) is 6.14. The summed E-state index contributed by atoms with van der Waals surface area (Å²) in [5, 5.41) is 0. The average molecular weight is 354 g/mol. The van der Waals surface area contributed by atoms with Crippen LogP contribution in [0.4, 0.5) is 0 Å². The number of piperazine rings is 1. The van der Waals surface area contributed by atoms with Gasteiger partial charge in [0.2, 0.25) is 12.7 Å². The molecule has 8 heteroatoms. The molecule has 2 fully saturated rings. The predicted molar refractivity (Wildman–Crippen MR) is 88.4 cm³/mol. The fourth-order valence-corrected chi connectivity index (χ4v) is 2.99. The third kappa shape index (κ3) is 2.89. The summed E-state index contributed by atoms with van der Waals surface area (Å²) in [4.78, 5) is 28.3. The van der Waals surface area contributed by atoms with E-state index in [2.05, 4.69) is 0 Å². The Bertz CT molecular complexity index is 669. The number of amides is 2. The van der Waals surface area contributed by atoms with Crippen molar-refractivity contribution < 1.29 is 19.1 Å². The Morgan fingerprint density at radius 1 is 1.00 bits per heavy atom. The molecule has 2 aliphatic heterocycles. The number of nitrogens with two attached hydrogens (primary N) is 1. The zero-order valence-electron chi connectivity index (χ0n) is 13.2. The Kier molecular flexibility index (Phi) is 4.31. The van der Waals surface area contributed by atoms with Gasteiger partial charge in [0.25, 0.3) is 5.91 Å². The second-order valence-corrected chi connectivity index (χ2v) is 6.31. The molecule has 0 spiro atoms. The summed E-state index contributed by atoms with van der Waals surface area (Å²) >= 11 is 0. The van der Waals surface area contributed by atoms with Gasteiger partial charge in [0.05, 0.1) is 5.54 Å². The first-order chi connectivity index (χ1) is 11.1. The molecule has 1 saturated carbocycles. The van der Waals surface area contributed by atoms with Gasteiger partial charge in [-0.3, -0.25) is 9.59 Å². The summed E-state index contributed by atoms with van der Waals surface area (Å²) in [7, 11) is 0. The van der Waals surface area contributed by atoms with Crippen molar-refractivity contribution in [2.45, 2.75) is 18.4 Å². The first-order valence-corrected chi connectivity index (χ1v) is 7.84. The fourth-order valence-electron chi connectivity index (χ4n) is 2.99. The summed E-state index contributed by atoms with van der Waals surface area (Å²) in [6, 6.07) is 5.20. The fraction of sp³-hybridized carbons (Fsp3) is 0.500. The average Bonchev–Trinajstić information content (AvgIpc) is 3.16. The smallest absolute Gasteiger partial charge is 0.254 e. The molecule has 2 amide bonds. The Labute approximate surface area is 146 Å². The van der Waals surface area contributed by atoms with Gasteiger partial charge in [-0.2, -0.15) is 0 Å². The van der Waals surface area contributed by atoms with Gasteiger partial charge in [-0.15, -0.1) is 12.4 Å². The Morgan fingerprint density at radius 3 is 2.29 bits per heavy atom. The topological polar surface area (TPSA) is 85.1 Å². The van der Waals surface area contributed by atoms with Crippen LogP contribution >= 0.6 is 12.4 Å². The van der Waals surface area contributed by atoms with Crippen molar-refractivity contribution in [2.24, 2.45) is 5.73 Å². The third-order valence-corrected chi connectivity index (χ3v) is 4.69. The molecule has 4 rings (SSSR count). The lowest BCUT2D eigenvalue weighted by Crippen LogP contribution is -2.55. The van der Waals surface area contributed by atoms with Gasteiger partial charge in [-0.05, 0) is 31.0 Å². The zero-order valence-corrected chi connectivity index (χ0v) is 14.0. The lowest BCUT2D eigenvalue weighted by molar-refractivity contribution is -0.135. The van der Waals surface area contributed by atoms with E-state index in [0.717, 1.165) is 12.8 Å². The molecule has 1 saturated heterocycles. The zero-order chi connectivity index (χ0) is 16.0. The normalized spacial score (nSPS) is 20.4. The lowest BCUT2D eigenvalue weighted by Gasteiger charge is -2.36. The van der Waals surface area contributed by atoms with Crippen LogP contribution in [-0.4, -0.2) is 60.1 Å². The maximum absolute atomic E-state index is 12.6. The molecular weight excluding hydrogens is 334 g/mol. The van der Waals surface area contributed by atoms with Crippen LogP contribution in [-0.2, 0) is 4.79 Å². The molecule has 1 aromatic rings. The van der Waals surface area contributed by atoms with Crippen LogP contribution in [0, 0.1) is 0 Å². The summed E-state index contributed by atoms with van der Waals surface area (Å²) < 4.78 is 10.6. The van der Waals surface area contributed by atoms with Crippen LogP contribution in [0.15, 0.2) is 18.2 Å². The van der Waals surface area contributed by atoms with E-state index in [1.165, 1.54) is 0 Å². The maximum atomic E-state index is 12.6. The van der Waals surface area contributed by atoms with Gasteiger partial charge in [-0.25, -0.2) is 0 Å². The van der Waals surface area contributed by atoms with E-state index in [0.29, 0.717) is 43.2 Å². The van der Waals surface area contributed by atoms with E-state index < -0.39 is 5.54 Å². The molecule has 24 heavy (non-hydrogen) atoms. The number of carbonyl (C=O) groups excluding carboxylic acids is 2. The maximum Gasteiger partial charge on any atom is 0.254 e. The van der Waals surface area contributed by atoms with Gasteiger partial charge in [0.1, 0.15) is 0 Å². The molecule has 1 aromatic carbocycles. The van der Waals surface area contributed by atoms with E-state index in [9.17, 15) is 9.59 Å². The highest BCUT2D eigenvalue weighted by Gasteiger charge is 2.48. The van der Waals surface area contributed by atoms with Crippen LogP contribution in [0.5, 0.6) is 11.5 Å². The standard InChI is InChI=1S/C16H19N3O4.ClH/c17-16(3-4-16)15(21)19-7-5-18(6-8-19)14(20)11-1-2-12-13(9-11)23-10-22-12;/h1-2,9H,3-8,10,17H2;1H. The molecule has 0 atom stereocenters. The SMILES string of the molecule is Cl.NC1(C(=O)N2CCN(C(=O)c3ccc4c(c3)OCO4)CC2)CC1. The first-order valence-electron chi connectivity index (χ1n) is 7.84. The van der Waals surface area contributed by atoms with E-state index in [1.807, 2.05) is 0 Å². The highest BCUT2D eigenvalue weighted by molar-refractivity contribution is 5.95. The Hall–Kier alpha value is -1.99. The van der Waals surface area contributed by atoms with Crippen molar-refractivity contribution in [3.8, 4) is 11.5 Å². The lowest BCUT2D eigenvalue weighted by atomic mass is 10.1. The van der Waals surface area contributed by atoms with Gasteiger partial charge < -0.3 is 25.0 Å². The number of nitrogens with zero attached hydrogens (tertiary/aromatic N) is 2. The summed E-state index contributed by atoms with van der Waals surface area (Å²) in [6.45, 7) is 2.31. The minimum absolute atomic E-state index is 0. The quantitative estimate of drug-likeness (QED) is 0.842. The molecule has 3 aliphatic rings. The number of hydrogen-bond donors (Lipinski definition) is 1. The third-order valence-electron chi connectivity index (χ3n) is 4.69. The molecule has 0 radical (unpaired) electrons. The number of rotatable bonds is 2. The molecule has 2 heterocycles. The number of ether oxygens (including phenoxy) is 2. The number of fused-ring (bicyclic) bond motifs is 1. The number of benzene rings is 1. The first kappa shape index (κ1) is 16.9. The highest BCUT2D eigenvalue weighted by atomic mass is 35.5. The minimum atomic E-state index is -0.635. The molecule has 7 nitrogen and oxygen atoms in total. The van der Waals surface area contributed by atoms with E-state index in [4.69, 9.17) is 15.2 Å². The van der Waals surface area contributed by atoms with Crippen molar-refractivity contribution >= 4 is 24.2 Å². The highest BCUT2D eigenvalue weighted by Crippen LogP contribution is 2.35. The van der Waals surface area contributed by atoms with Gasteiger partial charge in [0.15, 0.2) is 11.5 Å². The summed E-state index contributed by atoms with van der Waals surface area (Å²) in [5.41, 5.74) is 5.90. The van der Waals surface area contributed by atoms with Crippen LogP contribution < -0.4 is 15.2 Å². The van der Waals surface area contributed by atoms with E-state index >= 15 is 0 Å². The Balaban J connectivity index is 0.00000169. The van der Waals surface area contributed by atoms with Crippen molar-refractivity contribution in [1.82, 2.24) is 9.80 Å². The predicted octanol–water partition coefficient (Wildman–Crippen LogP) is 0.613. The molecule has 0 bridgehead atoms. The van der Waals surface area contributed by atoms with Crippen molar-refractivity contribution in [1.29, 1.82) is 0 Å². The summed E-state index contributed by atoms with van der Waals surface area (Å²) in [5.74, 6) is 1.23. The monoisotopic (exact) mass is 353 g/mol. The van der Waals surface area contributed by atoms with E-state index in [1.54, 1.807) is 28.0 Å². The van der Waals surface area contributed by atoms with E-state index in [-0.39, 0.29) is 31.0 Å². The number of hydrogen-bond acceptors (Lipinski definition) is 5. The number of halogens is 1. The summed E-state index contributed by atoms with van der Waals surface area (Å²) in [6.07, 6.45) is 1.53. The Morgan fingerprint density at radius 2 is 1.62 bits per heavy atom. The van der Waals surface area contributed by atoms with Crippen molar-refractivity contribution in [2.75, 3.05) is 33.0 Å². The van der Waals surface area contributed by atoms with Crippen molar-refractivity contribution in [3.63, 3.8) is 0 Å². The van der Waals surface area contributed by atoms with Crippen LogP contribution in [0.3, 0.4) is 0 Å². The van der Waals surface area contributed by atoms with Crippen LogP contribution in [0.25, 0.3) is 0 Å². The molecule has 0 aromatic heterocycles. The second-order valence-electron chi connectivity index (χ2n) is 6.31. The molecule has 130 valence electrons. The van der Waals surface area contributed by atoms with Crippen LogP contribution in [0.2, 0.25) is 0 Å². The number of carbonyl (C=O) groups is 2.